The number of fused-ring (bicyclic) bond motifs is 4. The van der Waals surface area contributed by atoms with Gasteiger partial charge in [-0.25, -0.2) is 0 Å². The van der Waals surface area contributed by atoms with Crippen LogP contribution in [0.1, 0.15) is 40.0 Å². The lowest BCUT2D eigenvalue weighted by atomic mass is 9.74. The molecule has 120 valence electrons. The summed E-state index contributed by atoms with van der Waals surface area (Å²) < 4.78 is 5.34. The first-order chi connectivity index (χ1) is 11.1. The van der Waals surface area contributed by atoms with Crippen molar-refractivity contribution in [1.29, 1.82) is 0 Å². The van der Waals surface area contributed by atoms with Crippen LogP contribution >= 0.6 is 0 Å². The van der Waals surface area contributed by atoms with Crippen LogP contribution in [-0.4, -0.2) is 52.3 Å². The van der Waals surface area contributed by atoms with E-state index in [4.69, 9.17) is 4.74 Å². The third-order valence-electron chi connectivity index (χ3n) is 6.20. The summed E-state index contributed by atoms with van der Waals surface area (Å²) in [6, 6.07) is 6.89. The second-order valence-corrected chi connectivity index (χ2v) is 7.23. The van der Waals surface area contributed by atoms with Crippen molar-refractivity contribution in [3.8, 4) is 0 Å². The number of nitrogens with one attached hydrogen (secondary N) is 1. The second kappa shape index (κ2) is 4.20. The molecule has 1 saturated carbocycles. The van der Waals surface area contributed by atoms with Gasteiger partial charge in [0.1, 0.15) is 6.23 Å². The number of ether oxygens (including phenoxy) is 1. The Morgan fingerprint density at radius 3 is 2.39 bits per heavy atom. The first-order valence-electron chi connectivity index (χ1n) is 8.09. The van der Waals surface area contributed by atoms with Crippen LogP contribution in [0.5, 0.6) is 0 Å². The highest BCUT2D eigenvalue weighted by Gasteiger charge is 2.65. The van der Waals surface area contributed by atoms with Crippen molar-refractivity contribution < 1.29 is 19.4 Å². The van der Waals surface area contributed by atoms with Crippen LogP contribution in [0.2, 0.25) is 0 Å². The molecule has 23 heavy (non-hydrogen) atoms. The van der Waals surface area contributed by atoms with Gasteiger partial charge in [-0.15, -0.1) is 0 Å². The van der Waals surface area contributed by atoms with E-state index in [-0.39, 0.29) is 17.4 Å². The summed E-state index contributed by atoms with van der Waals surface area (Å²) in [7, 11) is 0. The molecule has 1 aromatic carbocycles. The number of rotatable bonds is 1. The smallest absolute Gasteiger partial charge is 0.262 e. The van der Waals surface area contributed by atoms with Crippen molar-refractivity contribution in [2.24, 2.45) is 5.92 Å². The maximum Gasteiger partial charge on any atom is 0.262 e. The molecule has 6 heteroatoms. The molecule has 6 nitrogen and oxygen atoms in total. The zero-order valence-corrected chi connectivity index (χ0v) is 12.6. The van der Waals surface area contributed by atoms with E-state index in [1.807, 2.05) is 0 Å². The zero-order valence-electron chi connectivity index (χ0n) is 12.6. The molecule has 0 aromatic heterocycles. The van der Waals surface area contributed by atoms with E-state index in [1.165, 1.54) is 4.90 Å². The Kier molecular flexibility index (Phi) is 2.49. The number of aliphatic hydroxyl groups excluding tert-OH is 1. The second-order valence-electron chi connectivity index (χ2n) is 7.23. The third-order valence-corrected chi connectivity index (χ3v) is 6.20. The van der Waals surface area contributed by atoms with Gasteiger partial charge in [0.25, 0.3) is 11.8 Å². The molecule has 3 atom stereocenters. The van der Waals surface area contributed by atoms with Crippen molar-refractivity contribution in [3.63, 3.8) is 0 Å². The molecule has 2 N–H and O–H groups in total. The van der Waals surface area contributed by atoms with Gasteiger partial charge < -0.3 is 9.84 Å². The van der Waals surface area contributed by atoms with Crippen molar-refractivity contribution in [2.45, 2.75) is 36.6 Å². The Morgan fingerprint density at radius 1 is 1.17 bits per heavy atom. The van der Waals surface area contributed by atoms with Gasteiger partial charge in [-0.05, 0) is 37.3 Å². The fourth-order valence-electron chi connectivity index (χ4n) is 4.86. The highest BCUT2D eigenvalue weighted by atomic mass is 16.5. The van der Waals surface area contributed by atoms with Crippen LogP contribution < -0.4 is 5.32 Å². The molecular formula is C17H18N2O4. The summed E-state index contributed by atoms with van der Waals surface area (Å²) in [4.78, 5) is 27.0. The quantitative estimate of drug-likeness (QED) is 0.739. The van der Waals surface area contributed by atoms with Gasteiger partial charge in [0.15, 0.2) is 0 Å². The molecule has 2 amide bonds. The summed E-state index contributed by atoms with van der Waals surface area (Å²) in [5, 5.41) is 14.1. The van der Waals surface area contributed by atoms with Crippen LogP contribution in [0.25, 0.3) is 0 Å². The Labute approximate surface area is 133 Å². The van der Waals surface area contributed by atoms with Crippen LogP contribution in [-0.2, 0) is 4.74 Å². The Hall–Kier alpha value is -1.76. The monoisotopic (exact) mass is 314 g/mol. The first kappa shape index (κ1) is 13.7. The van der Waals surface area contributed by atoms with Crippen LogP contribution in [0.3, 0.4) is 0 Å². The molecule has 4 aliphatic rings. The number of benzene rings is 1. The van der Waals surface area contributed by atoms with Gasteiger partial charge in [0.05, 0.1) is 35.4 Å². The molecule has 3 unspecified atom stereocenters. The van der Waals surface area contributed by atoms with E-state index < -0.39 is 11.8 Å². The van der Waals surface area contributed by atoms with Crippen molar-refractivity contribution in [2.75, 3.05) is 13.2 Å². The Morgan fingerprint density at radius 2 is 1.83 bits per heavy atom. The average molecular weight is 314 g/mol. The van der Waals surface area contributed by atoms with Gasteiger partial charge in [-0.2, -0.15) is 0 Å². The summed E-state index contributed by atoms with van der Waals surface area (Å²) in [6.45, 7) is 1.18. The van der Waals surface area contributed by atoms with E-state index in [0.29, 0.717) is 43.1 Å². The number of hydrogen-bond acceptors (Lipinski definition) is 5. The summed E-state index contributed by atoms with van der Waals surface area (Å²) in [5.41, 5.74) is -0.138. The average Bonchev–Trinajstić information content (AvgIpc) is 3.02. The maximum absolute atomic E-state index is 12.8. The number of piperidine rings is 1. The van der Waals surface area contributed by atoms with E-state index in [2.05, 4.69) is 5.32 Å². The number of hydrogen-bond donors (Lipinski definition) is 2. The maximum atomic E-state index is 12.8. The number of imide groups is 1. The van der Waals surface area contributed by atoms with E-state index in [1.54, 1.807) is 24.3 Å². The number of nitrogens with zero attached hydrogens (tertiary/aromatic N) is 1. The fourth-order valence-corrected chi connectivity index (χ4v) is 4.86. The Balaban J connectivity index is 1.56. The highest BCUT2D eigenvalue weighted by Crippen LogP contribution is 2.53. The SMILES string of the molecule is O=C1c2ccccc2C(=O)N1C12CCC(C1)C1(COC1)NC2O. The lowest BCUT2D eigenvalue weighted by Gasteiger charge is -2.55. The summed E-state index contributed by atoms with van der Waals surface area (Å²) in [5.74, 6) is -0.246. The molecule has 5 rings (SSSR count). The minimum Gasteiger partial charge on any atom is -0.377 e. The normalized spacial score (nSPS) is 37.2. The van der Waals surface area contributed by atoms with Crippen molar-refractivity contribution in [1.82, 2.24) is 10.2 Å². The van der Waals surface area contributed by atoms with Crippen molar-refractivity contribution >= 4 is 11.8 Å². The first-order valence-corrected chi connectivity index (χ1v) is 8.09. The number of amides is 2. The number of carbonyl (C=O) groups is 2. The minimum absolute atomic E-state index is 0.182. The molecule has 3 fully saturated rings. The van der Waals surface area contributed by atoms with E-state index >= 15 is 0 Å². The molecule has 1 aromatic rings. The van der Waals surface area contributed by atoms with Gasteiger partial charge in [-0.1, -0.05) is 12.1 Å². The van der Waals surface area contributed by atoms with Gasteiger partial charge >= 0.3 is 0 Å². The predicted octanol–water partition coefficient (Wildman–Crippen LogP) is 0.512. The number of carbonyl (C=O) groups excluding carboxylic acids is 2. The molecular weight excluding hydrogens is 296 g/mol. The van der Waals surface area contributed by atoms with E-state index in [0.717, 1.165) is 6.42 Å². The van der Waals surface area contributed by atoms with Crippen molar-refractivity contribution in [3.05, 3.63) is 35.4 Å². The van der Waals surface area contributed by atoms with Gasteiger partial charge in [0.2, 0.25) is 0 Å². The van der Waals surface area contributed by atoms with Gasteiger partial charge in [0, 0.05) is 0 Å². The summed E-state index contributed by atoms with van der Waals surface area (Å²) >= 11 is 0. The fraction of sp³-hybridized carbons (Fsp3) is 0.529. The lowest BCUT2D eigenvalue weighted by Crippen LogP contribution is -2.76. The van der Waals surface area contributed by atoms with Crippen LogP contribution in [0, 0.1) is 5.92 Å². The van der Waals surface area contributed by atoms with Gasteiger partial charge in [-0.3, -0.25) is 19.8 Å². The topological polar surface area (TPSA) is 78.9 Å². The molecule has 2 bridgehead atoms. The minimum atomic E-state index is -0.910. The summed E-state index contributed by atoms with van der Waals surface area (Å²) in [6.07, 6.45) is 1.27. The van der Waals surface area contributed by atoms with Crippen LogP contribution in [0.15, 0.2) is 24.3 Å². The van der Waals surface area contributed by atoms with Crippen LogP contribution in [0.4, 0.5) is 0 Å². The standard InChI is InChI=1S/C17H18N2O4/c20-13-11-3-1-2-4-12(11)14(21)19(13)17-6-5-10(7-17)16(8-23-9-16)18-15(17)22/h1-4,10,15,18,22H,5-9H2. The molecule has 3 aliphatic heterocycles. The number of aliphatic hydroxyl groups is 1. The largest absolute Gasteiger partial charge is 0.377 e. The Bertz CT molecular complexity index is 694. The highest BCUT2D eigenvalue weighted by molar-refractivity contribution is 6.22. The molecule has 2 saturated heterocycles. The molecule has 0 radical (unpaired) electrons. The zero-order chi connectivity index (χ0) is 15.8. The molecule has 1 spiro atoms. The predicted molar refractivity (Wildman–Crippen MR) is 79.7 cm³/mol. The van der Waals surface area contributed by atoms with E-state index in [9.17, 15) is 14.7 Å². The third kappa shape index (κ3) is 1.49. The molecule has 1 aliphatic carbocycles. The lowest BCUT2D eigenvalue weighted by molar-refractivity contribution is -0.161. The molecule has 3 heterocycles.